The Morgan fingerprint density at radius 3 is 2.66 bits per heavy atom. The molecule has 2 aromatic carbocycles. The summed E-state index contributed by atoms with van der Waals surface area (Å²) in [6, 6.07) is 12.3. The number of rotatable bonds is 7. The lowest BCUT2D eigenvalue weighted by Gasteiger charge is -2.08. The molecule has 0 fully saturated rings. The van der Waals surface area contributed by atoms with Gasteiger partial charge in [0.05, 0.1) is 23.9 Å². The van der Waals surface area contributed by atoms with Gasteiger partial charge in [0.25, 0.3) is 5.91 Å². The van der Waals surface area contributed by atoms with Crippen LogP contribution in [-0.4, -0.2) is 36.8 Å². The van der Waals surface area contributed by atoms with Crippen molar-refractivity contribution in [3.05, 3.63) is 52.3 Å². The van der Waals surface area contributed by atoms with Gasteiger partial charge in [0.15, 0.2) is 22.9 Å². The van der Waals surface area contributed by atoms with Crippen molar-refractivity contribution in [2.45, 2.75) is 13.5 Å². The van der Waals surface area contributed by atoms with Crippen molar-refractivity contribution in [3.63, 3.8) is 0 Å². The third-order valence-corrected chi connectivity index (χ3v) is 5.15. The average molecular weight is 435 g/mol. The van der Waals surface area contributed by atoms with Crippen LogP contribution in [0.3, 0.4) is 0 Å². The number of carbonyl (C=O) groups is 2. The van der Waals surface area contributed by atoms with Crippen LogP contribution in [0.5, 0.6) is 11.5 Å². The summed E-state index contributed by atoms with van der Waals surface area (Å²) in [7, 11) is 1.52. The highest BCUT2D eigenvalue weighted by Gasteiger charge is 2.13. The fourth-order valence-corrected chi connectivity index (χ4v) is 3.96. The number of para-hydroxylation sites is 2. The monoisotopic (exact) mass is 434 g/mol. The second-order valence-electron chi connectivity index (χ2n) is 5.83. The maximum atomic E-state index is 12.4. The molecule has 0 N–H and O–H groups in total. The number of methoxy groups -OCH3 is 1. The van der Waals surface area contributed by atoms with Crippen LogP contribution in [-0.2, 0) is 20.9 Å². The Labute approximate surface area is 176 Å². The number of fused-ring (bicyclic) bond motifs is 1. The molecular formula is C20H19ClN2O5S. The van der Waals surface area contributed by atoms with Crippen molar-refractivity contribution in [1.29, 1.82) is 0 Å². The SMILES string of the molecule is CCOC(=O)Cn1c(=NC(=O)COc2ccccc2OC)sc2cc(Cl)ccc21. The van der Waals surface area contributed by atoms with Crippen LogP contribution >= 0.6 is 22.9 Å². The van der Waals surface area contributed by atoms with E-state index < -0.39 is 11.9 Å². The van der Waals surface area contributed by atoms with Crippen molar-refractivity contribution in [1.82, 2.24) is 4.57 Å². The van der Waals surface area contributed by atoms with Gasteiger partial charge in [0.2, 0.25) is 0 Å². The summed E-state index contributed by atoms with van der Waals surface area (Å²) in [6.07, 6.45) is 0. The smallest absolute Gasteiger partial charge is 0.326 e. The normalized spacial score (nSPS) is 11.5. The Balaban J connectivity index is 1.89. The second kappa shape index (κ2) is 9.58. The molecule has 0 aliphatic rings. The Morgan fingerprint density at radius 2 is 1.93 bits per heavy atom. The van der Waals surface area contributed by atoms with Crippen molar-refractivity contribution in [2.24, 2.45) is 4.99 Å². The van der Waals surface area contributed by atoms with Gasteiger partial charge in [-0.15, -0.1) is 0 Å². The van der Waals surface area contributed by atoms with Crippen LogP contribution < -0.4 is 14.3 Å². The number of carbonyl (C=O) groups excluding carboxylic acids is 2. The number of nitrogens with zero attached hydrogens (tertiary/aromatic N) is 2. The Bertz CT molecular complexity index is 1110. The largest absolute Gasteiger partial charge is 0.493 e. The molecule has 0 aliphatic heterocycles. The first kappa shape index (κ1) is 20.9. The molecule has 0 aliphatic carbocycles. The van der Waals surface area contributed by atoms with Gasteiger partial charge in [-0.1, -0.05) is 35.1 Å². The predicted octanol–water partition coefficient (Wildman–Crippen LogP) is 3.43. The zero-order chi connectivity index (χ0) is 20.8. The number of thiazole rings is 1. The number of halogens is 1. The summed E-state index contributed by atoms with van der Waals surface area (Å²) in [5.41, 5.74) is 0.740. The fraction of sp³-hybridized carbons (Fsp3) is 0.250. The van der Waals surface area contributed by atoms with Gasteiger partial charge in [-0.05, 0) is 37.3 Å². The first-order valence-electron chi connectivity index (χ1n) is 8.79. The summed E-state index contributed by atoms with van der Waals surface area (Å²) in [5.74, 6) is 0.0581. The van der Waals surface area contributed by atoms with Crippen molar-refractivity contribution in [2.75, 3.05) is 20.3 Å². The van der Waals surface area contributed by atoms with E-state index in [1.54, 1.807) is 54.0 Å². The molecule has 3 aromatic rings. The average Bonchev–Trinajstić information content (AvgIpc) is 3.02. The van der Waals surface area contributed by atoms with Gasteiger partial charge in [-0.2, -0.15) is 4.99 Å². The van der Waals surface area contributed by atoms with Gasteiger partial charge in [0, 0.05) is 5.02 Å². The zero-order valence-corrected chi connectivity index (χ0v) is 17.5. The molecule has 7 nitrogen and oxygen atoms in total. The number of amides is 1. The summed E-state index contributed by atoms with van der Waals surface area (Å²) >= 11 is 7.32. The molecule has 9 heteroatoms. The molecule has 3 rings (SSSR count). The minimum absolute atomic E-state index is 0.0606. The van der Waals surface area contributed by atoms with Crippen molar-refractivity contribution >= 4 is 45.0 Å². The molecule has 0 saturated heterocycles. The summed E-state index contributed by atoms with van der Waals surface area (Å²) in [5, 5.41) is 0.555. The highest BCUT2D eigenvalue weighted by Crippen LogP contribution is 2.25. The number of aromatic nitrogens is 1. The second-order valence-corrected chi connectivity index (χ2v) is 7.28. The molecule has 1 amide bonds. The minimum Gasteiger partial charge on any atom is -0.493 e. The fourth-order valence-electron chi connectivity index (χ4n) is 2.64. The molecule has 29 heavy (non-hydrogen) atoms. The lowest BCUT2D eigenvalue weighted by molar-refractivity contribution is -0.143. The minimum atomic E-state index is -0.494. The first-order chi connectivity index (χ1) is 14.0. The van der Waals surface area contributed by atoms with Crippen LogP contribution in [0.15, 0.2) is 47.5 Å². The van der Waals surface area contributed by atoms with E-state index in [0.29, 0.717) is 21.3 Å². The van der Waals surface area contributed by atoms with E-state index in [1.807, 2.05) is 0 Å². The van der Waals surface area contributed by atoms with Gasteiger partial charge in [-0.3, -0.25) is 9.59 Å². The number of ether oxygens (including phenoxy) is 3. The third-order valence-electron chi connectivity index (χ3n) is 3.88. The predicted molar refractivity (Wildman–Crippen MR) is 111 cm³/mol. The molecule has 0 radical (unpaired) electrons. The quantitative estimate of drug-likeness (QED) is 0.532. The van der Waals surface area contributed by atoms with Gasteiger partial charge >= 0.3 is 5.97 Å². The van der Waals surface area contributed by atoms with E-state index in [-0.39, 0.29) is 19.8 Å². The van der Waals surface area contributed by atoms with E-state index in [1.165, 1.54) is 18.4 Å². The van der Waals surface area contributed by atoms with Crippen molar-refractivity contribution in [3.8, 4) is 11.5 Å². The van der Waals surface area contributed by atoms with Gasteiger partial charge < -0.3 is 18.8 Å². The summed E-state index contributed by atoms with van der Waals surface area (Å²) in [4.78, 5) is 28.9. The molecule has 152 valence electrons. The standard InChI is InChI=1S/C20H19ClN2O5S/c1-3-27-19(25)11-23-14-9-8-13(21)10-17(14)29-20(23)22-18(24)12-28-16-7-5-4-6-15(16)26-2/h4-10H,3,11-12H2,1-2H3. The Hall–Kier alpha value is -2.84. The van der Waals surface area contributed by atoms with Crippen LogP contribution in [0.2, 0.25) is 5.02 Å². The topological polar surface area (TPSA) is 79.1 Å². The van der Waals surface area contributed by atoms with Crippen LogP contribution in [0.1, 0.15) is 6.92 Å². The number of benzene rings is 2. The molecular weight excluding hydrogens is 416 g/mol. The molecule has 0 saturated carbocycles. The maximum absolute atomic E-state index is 12.4. The van der Waals surface area contributed by atoms with Gasteiger partial charge in [-0.25, -0.2) is 0 Å². The molecule has 0 unspecified atom stereocenters. The highest BCUT2D eigenvalue weighted by atomic mass is 35.5. The number of esters is 1. The van der Waals surface area contributed by atoms with Gasteiger partial charge in [0.1, 0.15) is 6.54 Å². The van der Waals surface area contributed by atoms with E-state index in [9.17, 15) is 9.59 Å². The van der Waals surface area contributed by atoms with E-state index in [4.69, 9.17) is 25.8 Å². The summed E-state index contributed by atoms with van der Waals surface area (Å²) in [6.45, 7) is 1.67. The molecule has 1 aromatic heterocycles. The van der Waals surface area contributed by atoms with Crippen LogP contribution in [0.4, 0.5) is 0 Å². The highest BCUT2D eigenvalue weighted by molar-refractivity contribution is 7.16. The number of hydrogen-bond donors (Lipinski definition) is 0. The molecule has 1 heterocycles. The van der Waals surface area contributed by atoms with Crippen molar-refractivity contribution < 1.29 is 23.8 Å². The maximum Gasteiger partial charge on any atom is 0.326 e. The van der Waals surface area contributed by atoms with Crippen LogP contribution in [0, 0.1) is 0 Å². The lowest BCUT2D eigenvalue weighted by Crippen LogP contribution is -2.24. The molecule has 0 atom stereocenters. The Morgan fingerprint density at radius 1 is 1.17 bits per heavy atom. The van der Waals surface area contributed by atoms with Crippen LogP contribution in [0.25, 0.3) is 10.2 Å². The summed E-state index contributed by atoms with van der Waals surface area (Å²) < 4.78 is 18.2. The first-order valence-corrected chi connectivity index (χ1v) is 9.99. The lowest BCUT2D eigenvalue weighted by atomic mass is 10.3. The van der Waals surface area contributed by atoms with E-state index >= 15 is 0 Å². The third kappa shape index (κ3) is 5.16. The van der Waals surface area contributed by atoms with E-state index in [2.05, 4.69) is 4.99 Å². The number of hydrogen-bond acceptors (Lipinski definition) is 6. The van der Waals surface area contributed by atoms with E-state index in [0.717, 1.165) is 10.2 Å². The molecule has 0 bridgehead atoms. The Kier molecular flexibility index (Phi) is 6.90. The molecule has 0 spiro atoms. The zero-order valence-electron chi connectivity index (χ0n) is 15.9.